The van der Waals surface area contributed by atoms with Crippen molar-refractivity contribution in [3.05, 3.63) is 28.2 Å². The van der Waals surface area contributed by atoms with Gasteiger partial charge in [-0.1, -0.05) is 48.5 Å². The molecule has 8 heteroatoms. The molecule has 1 aliphatic heterocycles. The molecular formula is C21H33Cl3N4O. The molecule has 5 nitrogen and oxygen atoms in total. The largest absolute Gasteiger partial charge is 0.368 e. The van der Waals surface area contributed by atoms with Crippen LogP contribution in [-0.2, 0) is 0 Å². The molecule has 3 rings (SSSR count). The summed E-state index contributed by atoms with van der Waals surface area (Å²) in [5, 5.41) is 4.59. The van der Waals surface area contributed by atoms with Crippen LogP contribution in [0.1, 0.15) is 38.5 Å². The number of halogens is 3. The van der Waals surface area contributed by atoms with Crippen molar-refractivity contribution in [3.63, 3.8) is 0 Å². The first-order chi connectivity index (χ1) is 13.4. The summed E-state index contributed by atoms with van der Waals surface area (Å²) in [5.74, 6) is 0. The molecule has 0 atom stereocenters. The fourth-order valence-corrected chi connectivity index (χ4v) is 4.74. The quantitative estimate of drug-likeness (QED) is 0.675. The lowest BCUT2D eigenvalue weighted by Gasteiger charge is -2.42. The normalized spacial score (nSPS) is 19.4. The van der Waals surface area contributed by atoms with Crippen LogP contribution in [0.4, 0.5) is 10.5 Å². The lowest BCUT2D eigenvalue weighted by Crippen LogP contribution is -2.55. The van der Waals surface area contributed by atoms with Crippen LogP contribution in [0, 0.1) is 0 Å². The average molecular weight is 464 g/mol. The van der Waals surface area contributed by atoms with E-state index in [1.807, 2.05) is 32.3 Å². The predicted octanol–water partition coefficient (Wildman–Crippen LogP) is 4.90. The maximum absolute atomic E-state index is 12.3. The molecule has 0 aromatic heterocycles. The Kier molecular flexibility index (Phi) is 9.20. The fraction of sp³-hybridized carbons (Fsp3) is 0.667. The molecule has 0 bridgehead atoms. The van der Waals surface area contributed by atoms with E-state index in [1.165, 1.54) is 19.3 Å². The van der Waals surface area contributed by atoms with Crippen LogP contribution in [-0.4, -0.2) is 68.2 Å². The van der Waals surface area contributed by atoms with E-state index in [4.69, 9.17) is 23.2 Å². The third-order valence-corrected chi connectivity index (χ3v) is 6.95. The highest BCUT2D eigenvalue weighted by Crippen LogP contribution is 2.34. The van der Waals surface area contributed by atoms with Gasteiger partial charge in [0.25, 0.3) is 0 Å². The summed E-state index contributed by atoms with van der Waals surface area (Å²) in [6.07, 6.45) is 6.88. The van der Waals surface area contributed by atoms with E-state index < -0.39 is 0 Å². The Morgan fingerprint density at radius 2 is 1.76 bits per heavy atom. The molecular weight excluding hydrogens is 431 g/mol. The Balaban J connectivity index is 0.00000300. The summed E-state index contributed by atoms with van der Waals surface area (Å²) in [6.45, 7) is 4.90. The van der Waals surface area contributed by atoms with E-state index in [2.05, 4.69) is 15.1 Å². The maximum atomic E-state index is 12.3. The Bertz CT molecular complexity index is 672. The van der Waals surface area contributed by atoms with Gasteiger partial charge in [-0.15, -0.1) is 12.4 Å². The van der Waals surface area contributed by atoms with Gasteiger partial charge in [-0.05, 0) is 31.4 Å². The fourth-order valence-electron chi connectivity index (χ4n) is 4.33. The van der Waals surface area contributed by atoms with Crippen LogP contribution < -0.4 is 10.2 Å². The Morgan fingerprint density at radius 3 is 2.38 bits per heavy atom. The van der Waals surface area contributed by atoms with Gasteiger partial charge in [0.2, 0.25) is 0 Å². The zero-order valence-corrected chi connectivity index (χ0v) is 19.8. The van der Waals surface area contributed by atoms with E-state index in [9.17, 15) is 4.79 Å². The highest BCUT2D eigenvalue weighted by atomic mass is 35.5. The molecule has 1 heterocycles. The third-order valence-electron chi connectivity index (χ3n) is 6.14. The number of hydrogen-bond donors (Lipinski definition) is 1. The summed E-state index contributed by atoms with van der Waals surface area (Å²) >= 11 is 12.6. The standard InChI is InChI=1S/C21H32Cl2N4O.ClH/c1-25(2)20(28)24-21(9-4-3-5-10-21)11-12-26-13-15-27(16-14-26)18-8-6-7-17(22)19(18)23;/h6-8H,3-5,9-16H2,1-2H3,(H,24,28);1H. The molecule has 1 aliphatic carbocycles. The van der Waals surface area contributed by atoms with E-state index in [-0.39, 0.29) is 24.0 Å². The van der Waals surface area contributed by atoms with Crippen molar-refractivity contribution in [1.29, 1.82) is 0 Å². The highest BCUT2D eigenvalue weighted by molar-refractivity contribution is 6.43. The second kappa shape index (κ2) is 10.9. The van der Waals surface area contributed by atoms with Gasteiger partial charge in [-0.3, -0.25) is 4.90 Å². The number of anilines is 1. The Labute approximate surface area is 191 Å². The SMILES string of the molecule is CN(C)C(=O)NC1(CCN2CCN(c3cccc(Cl)c3Cl)CC2)CCCCC1.Cl. The molecule has 1 aromatic carbocycles. The van der Waals surface area contributed by atoms with Gasteiger partial charge in [-0.25, -0.2) is 4.79 Å². The number of amides is 2. The molecule has 0 spiro atoms. The van der Waals surface area contributed by atoms with Crippen molar-refractivity contribution in [1.82, 2.24) is 15.1 Å². The lowest BCUT2D eigenvalue weighted by atomic mass is 9.79. The summed E-state index contributed by atoms with van der Waals surface area (Å²) in [5.41, 5.74) is 0.975. The topological polar surface area (TPSA) is 38.8 Å². The van der Waals surface area contributed by atoms with E-state index >= 15 is 0 Å². The number of nitrogens with zero attached hydrogens (tertiary/aromatic N) is 3. The van der Waals surface area contributed by atoms with E-state index in [0.717, 1.165) is 57.7 Å². The van der Waals surface area contributed by atoms with Crippen LogP contribution in [0.2, 0.25) is 10.0 Å². The minimum Gasteiger partial charge on any atom is -0.368 e. The first-order valence-electron chi connectivity index (χ1n) is 10.3. The number of benzene rings is 1. The number of urea groups is 1. The van der Waals surface area contributed by atoms with Crippen LogP contribution in [0.15, 0.2) is 18.2 Å². The van der Waals surface area contributed by atoms with Crippen LogP contribution in [0.5, 0.6) is 0 Å². The smallest absolute Gasteiger partial charge is 0.317 e. The highest BCUT2D eigenvalue weighted by Gasteiger charge is 2.34. The van der Waals surface area contributed by atoms with Crippen LogP contribution in [0.25, 0.3) is 0 Å². The van der Waals surface area contributed by atoms with Gasteiger partial charge >= 0.3 is 6.03 Å². The minimum atomic E-state index is -0.0486. The average Bonchev–Trinajstić information content (AvgIpc) is 2.70. The van der Waals surface area contributed by atoms with Crippen LogP contribution in [0.3, 0.4) is 0 Å². The molecule has 2 amide bonds. The summed E-state index contributed by atoms with van der Waals surface area (Å²) in [6, 6.07) is 5.85. The lowest BCUT2D eigenvalue weighted by molar-refractivity contribution is 0.156. The first kappa shape index (κ1) is 24.4. The summed E-state index contributed by atoms with van der Waals surface area (Å²) in [4.78, 5) is 18.8. The molecule has 0 radical (unpaired) electrons. The molecule has 29 heavy (non-hydrogen) atoms. The van der Waals surface area contributed by atoms with Gasteiger partial charge in [0.05, 0.1) is 15.7 Å². The third kappa shape index (κ3) is 6.30. The Morgan fingerprint density at radius 1 is 1.10 bits per heavy atom. The zero-order chi connectivity index (χ0) is 20.1. The molecule has 0 unspecified atom stereocenters. The van der Waals surface area contributed by atoms with Crippen molar-refractivity contribution in [2.75, 3.05) is 51.7 Å². The van der Waals surface area contributed by atoms with E-state index in [0.29, 0.717) is 10.0 Å². The van der Waals surface area contributed by atoms with Crippen molar-refractivity contribution >= 4 is 47.3 Å². The van der Waals surface area contributed by atoms with Crippen molar-refractivity contribution in [3.8, 4) is 0 Å². The van der Waals surface area contributed by atoms with Gasteiger partial charge in [0, 0.05) is 52.4 Å². The van der Waals surface area contributed by atoms with Crippen molar-refractivity contribution in [2.24, 2.45) is 0 Å². The number of carbonyl (C=O) groups is 1. The molecule has 1 N–H and O–H groups in total. The number of nitrogens with one attached hydrogen (secondary N) is 1. The van der Waals surface area contributed by atoms with Gasteiger partial charge in [0.1, 0.15) is 0 Å². The van der Waals surface area contributed by atoms with Crippen molar-refractivity contribution in [2.45, 2.75) is 44.1 Å². The number of rotatable bonds is 5. The number of piperazine rings is 1. The first-order valence-corrected chi connectivity index (χ1v) is 11.1. The second-order valence-corrected chi connectivity index (χ2v) is 9.10. The van der Waals surface area contributed by atoms with Gasteiger partial charge in [0.15, 0.2) is 0 Å². The molecule has 1 saturated heterocycles. The maximum Gasteiger partial charge on any atom is 0.317 e. The predicted molar refractivity (Wildman–Crippen MR) is 125 cm³/mol. The van der Waals surface area contributed by atoms with Gasteiger partial charge < -0.3 is 15.1 Å². The molecule has 1 aromatic rings. The summed E-state index contributed by atoms with van der Waals surface area (Å²) < 4.78 is 0. The molecule has 1 saturated carbocycles. The molecule has 2 aliphatic rings. The number of carbonyl (C=O) groups excluding carboxylic acids is 1. The zero-order valence-electron chi connectivity index (χ0n) is 17.4. The monoisotopic (exact) mass is 462 g/mol. The van der Waals surface area contributed by atoms with Gasteiger partial charge in [-0.2, -0.15) is 0 Å². The van der Waals surface area contributed by atoms with E-state index in [1.54, 1.807) is 4.90 Å². The Hall–Kier alpha value is -0.880. The summed E-state index contributed by atoms with van der Waals surface area (Å²) in [7, 11) is 3.62. The minimum absolute atomic E-state index is 0. The second-order valence-electron chi connectivity index (χ2n) is 8.32. The molecule has 2 fully saturated rings. The van der Waals surface area contributed by atoms with Crippen LogP contribution >= 0.6 is 35.6 Å². The molecule has 164 valence electrons. The van der Waals surface area contributed by atoms with Crippen molar-refractivity contribution < 1.29 is 4.79 Å². The number of hydrogen-bond acceptors (Lipinski definition) is 3.